The number of allylic oxidation sites excluding steroid dienone is 5. The Morgan fingerprint density at radius 3 is 2.79 bits per heavy atom. The average Bonchev–Trinajstić information content (AvgIpc) is 2.77. The van der Waals surface area contributed by atoms with Gasteiger partial charge in [0.1, 0.15) is 0 Å². The summed E-state index contributed by atoms with van der Waals surface area (Å²) in [4.78, 5) is 14.6. The van der Waals surface area contributed by atoms with Crippen LogP contribution in [0, 0.1) is 0 Å². The van der Waals surface area contributed by atoms with Gasteiger partial charge in [0, 0.05) is 17.1 Å². The fraction of sp³-hybridized carbons (Fsp3) is 0.350. The number of Topliss-reactive ketones (excluding diaryl/α,β-unsaturated/α-hetero) is 1. The fourth-order valence-electron chi connectivity index (χ4n) is 2.45. The molecule has 0 spiro atoms. The lowest BCUT2D eigenvalue weighted by Crippen LogP contribution is -2.04. The van der Waals surface area contributed by atoms with Crippen molar-refractivity contribution in [3.63, 3.8) is 0 Å². The van der Waals surface area contributed by atoms with Crippen LogP contribution in [0.3, 0.4) is 0 Å². The Morgan fingerprint density at radius 2 is 2.04 bits per heavy atom. The zero-order valence-electron chi connectivity index (χ0n) is 13.7. The van der Waals surface area contributed by atoms with Gasteiger partial charge in [0.25, 0.3) is 0 Å². The minimum absolute atomic E-state index is 0.0787. The molecule has 0 heterocycles. The Bertz CT molecular complexity index is 617. The molecule has 0 amide bonds. The Balaban J connectivity index is 2.03. The molecule has 1 aliphatic rings. The second-order valence-corrected chi connectivity index (χ2v) is 6.83. The fourth-order valence-corrected chi connectivity index (χ4v) is 3.42. The van der Waals surface area contributed by atoms with Crippen LogP contribution in [0.1, 0.15) is 32.1 Å². The highest BCUT2D eigenvalue weighted by Gasteiger charge is 2.18. The highest BCUT2D eigenvalue weighted by Crippen LogP contribution is 2.32. The summed E-state index contributed by atoms with van der Waals surface area (Å²) in [6.45, 7) is 0.0787. The van der Waals surface area contributed by atoms with E-state index in [1.165, 1.54) is 11.8 Å². The number of hydrogen-bond acceptors (Lipinski definition) is 4. The molecule has 4 heteroatoms. The summed E-state index contributed by atoms with van der Waals surface area (Å²) < 4.78 is 0. The van der Waals surface area contributed by atoms with Crippen LogP contribution in [0.5, 0.6) is 0 Å². The first-order valence-electron chi connectivity index (χ1n) is 8.34. The molecule has 1 aromatic carbocycles. The summed E-state index contributed by atoms with van der Waals surface area (Å²) in [6.07, 6.45) is 10.4. The molecule has 1 atom stereocenters. The van der Waals surface area contributed by atoms with E-state index in [0.717, 1.165) is 34.6 Å². The van der Waals surface area contributed by atoms with Crippen LogP contribution in [0.15, 0.2) is 70.0 Å². The number of ketones is 1. The van der Waals surface area contributed by atoms with Gasteiger partial charge in [0.15, 0.2) is 5.78 Å². The van der Waals surface area contributed by atoms with Crippen LogP contribution < -0.4 is 0 Å². The number of hydrogen-bond donors (Lipinski definition) is 2. The van der Waals surface area contributed by atoms with Gasteiger partial charge in [-0.2, -0.15) is 0 Å². The molecule has 24 heavy (non-hydrogen) atoms. The number of thioether (sulfide) groups is 1. The number of benzene rings is 1. The molecule has 0 saturated carbocycles. The van der Waals surface area contributed by atoms with Gasteiger partial charge in [0.05, 0.1) is 11.0 Å². The smallest absolute Gasteiger partial charge is 0.195 e. The minimum atomic E-state index is -0.580. The predicted octanol–water partition coefficient (Wildman–Crippen LogP) is 4.03. The lowest BCUT2D eigenvalue weighted by Gasteiger charge is -2.06. The van der Waals surface area contributed by atoms with Crippen LogP contribution in [-0.2, 0) is 4.79 Å². The minimum Gasteiger partial charge on any atom is -0.396 e. The van der Waals surface area contributed by atoms with Gasteiger partial charge in [0.2, 0.25) is 0 Å². The predicted molar refractivity (Wildman–Crippen MR) is 98.8 cm³/mol. The summed E-state index contributed by atoms with van der Waals surface area (Å²) in [5, 5.41) is 18.5. The van der Waals surface area contributed by atoms with E-state index in [9.17, 15) is 9.90 Å². The van der Waals surface area contributed by atoms with Gasteiger partial charge in [-0.3, -0.25) is 4.79 Å². The largest absolute Gasteiger partial charge is 0.396 e. The van der Waals surface area contributed by atoms with Crippen LogP contribution in [0.4, 0.5) is 0 Å². The second kappa shape index (κ2) is 10.3. The monoisotopic (exact) mass is 344 g/mol. The van der Waals surface area contributed by atoms with Gasteiger partial charge in [-0.1, -0.05) is 54.3 Å². The molecule has 0 radical (unpaired) electrons. The quantitative estimate of drug-likeness (QED) is 0.733. The molecule has 2 N–H and O–H groups in total. The lowest BCUT2D eigenvalue weighted by molar-refractivity contribution is -0.111. The van der Waals surface area contributed by atoms with Gasteiger partial charge < -0.3 is 10.2 Å². The van der Waals surface area contributed by atoms with Crippen LogP contribution in [0.25, 0.3) is 0 Å². The number of aliphatic hydroxyl groups excluding tert-OH is 2. The standard InChI is InChI=1S/C20H24O3S/c21-15-7-11-17(22)10-6-9-16-8-4-5-14-19(20(16)23)24-18-12-2-1-3-13-18/h1-3,6,9-10,12-14,17,21-22H,4-5,7-8,11,15H2. The Hall–Kier alpha value is -1.62. The summed E-state index contributed by atoms with van der Waals surface area (Å²) in [6, 6.07) is 9.91. The van der Waals surface area contributed by atoms with Crippen LogP contribution >= 0.6 is 11.8 Å². The van der Waals surface area contributed by atoms with E-state index in [-0.39, 0.29) is 12.4 Å². The van der Waals surface area contributed by atoms with Gasteiger partial charge in [-0.05, 0) is 44.2 Å². The summed E-state index contributed by atoms with van der Waals surface area (Å²) in [5.41, 5.74) is 0.785. The first kappa shape index (κ1) is 18.7. The van der Waals surface area contributed by atoms with E-state index in [1.807, 2.05) is 42.5 Å². The average molecular weight is 344 g/mol. The molecule has 3 nitrogen and oxygen atoms in total. The van der Waals surface area contributed by atoms with Gasteiger partial charge in [-0.25, -0.2) is 0 Å². The zero-order chi connectivity index (χ0) is 17.2. The van der Waals surface area contributed by atoms with Crippen molar-refractivity contribution in [3.05, 3.63) is 65.1 Å². The van der Waals surface area contributed by atoms with Crippen molar-refractivity contribution in [1.29, 1.82) is 0 Å². The molecule has 0 aromatic heterocycles. The third-order valence-corrected chi connectivity index (χ3v) is 4.83. The molecule has 128 valence electrons. The molecular weight excluding hydrogens is 320 g/mol. The first-order valence-corrected chi connectivity index (χ1v) is 9.16. The Morgan fingerprint density at radius 1 is 1.25 bits per heavy atom. The second-order valence-electron chi connectivity index (χ2n) is 5.71. The topological polar surface area (TPSA) is 57.5 Å². The van der Waals surface area contributed by atoms with Crippen LogP contribution in [-0.4, -0.2) is 28.7 Å². The van der Waals surface area contributed by atoms with Crippen molar-refractivity contribution in [2.75, 3.05) is 6.61 Å². The van der Waals surface area contributed by atoms with E-state index in [4.69, 9.17) is 5.11 Å². The molecule has 1 aromatic rings. The van der Waals surface area contributed by atoms with Crippen molar-refractivity contribution in [1.82, 2.24) is 0 Å². The van der Waals surface area contributed by atoms with Gasteiger partial charge >= 0.3 is 0 Å². The van der Waals surface area contributed by atoms with E-state index in [2.05, 4.69) is 0 Å². The molecule has 0 aliphatic heterocycles. The Labute approximate surface area is 147 Å². The Kier molecular flexibility index (Phi) is 8.02. The van der Waals surface area contributed by atoms with E-state index < -0.39 is 6.10 Å². The van der Waals surface area contributed by atoms with Crippen molar-refractivity contribution in [2.24, 2.45) is 0 Å². The molecule has 1 aliphatic carbocycles. The molecule has 0 saturated heterocycles. The molecule has 1 unspecified atom stereocenters. The number of carbonyl (C=O) groups excluding carboxylic acids is 1. The third kappa shape index (κ3) is 6.11. The van der Waals surface area contributed by atoms with Crippen molar-refractivity contribution in [2.45, 2.75) is 43.1 Å². The maximum Gasteiger partial charge on any atom is 0.195 e. The summed E-state index contributed by atoms with van der Waals surface area (Å²) in [7, 11) is 0. The number of aliphatic hydroxyl groups is 2. The molecule has 0 fully saturated rings. The van der Waals surface area contributed by atoms with Crippen molar-refractivity contribution >= 4 is 17.5 Å². The van der Waals surface area contributed by atoms with E-state index >= 15 is 0 Å². The van der Waals surface area contributed by atoms with Crippen molar-refractivity contribution < 1.29 is 15.0 Å². The molecular formula is C20H24O3S. The maximum absolute atomic E-state index is 12.7. The number of carbonyl (C=O) groups is 1. The third-order valence-electron chi connectivity index (χ3n) is 3.76. The summed E-state index contributed by atoms with van der Waals surface area (Å²) >= 11 is 1.51. The normalized spacial score (nSPS) is 18.7. The zero-order valence-corrected chi connectivity index (χ0v) is 14.5. The maximum atomic E-state index is 12.7. The first-order chi connectivity index (χ1) is 11.7. The highest BCUT2D eigenvalue weighted by molar-refractivity contribution is 8.04. The highest BCUT2D eigenvalue weighted by atomic mass is 32.2. The lowest BCUT2D eigenvalue weighted by atomic mass is 10.1. The van der Waals surface area contributed by atoms with Crippen molar-refractivity contribution in [3.8, 4) is 0 Å². The van der Waals surface area contributed by atoms with Gasteiger partial charge in [-0.15, -0.1) is 0 Å². The molecule has 0 bridgehead atoms. The number of rotatable bonds is 7. The van der Waals surface area contributed by atoms with Crippen LogP contribution in [0.2, 0.25) is 0 Å². The molecule has 2 rings (SSSR count). The SMILES string of the molecule is O=C1C(=CC=CC(O)CCCO)CCCC=C1Sc1ccccc1. The van der Waals surface area contributed by atoms with E-state index in [1.54, 1.807) is 12.2 Å². The van der Waals surface area contributed by atoms with E-state index in [0.29, 0.717) is 12.8 Å². The summed E-state index contributed by atoms with van der Waals surface area (Å²) in [5.74, 6) is 0.0795.